The molecule has 6 heteroatoms. The summed E-state index contributed by atoms with van der Waals surface area (Å²) in [6.07, 6.45) is 0. The van der Waals surface area contributed by atoms with Gasteiger partial charge >= 0.3 is 0 Å². The Morgan fingerprint density at radius 3 is 2.35 bits per heavy atom. The van der Waals surface area contributed by atoms with Gasteiger partial charge in [-0.3, -0.25) is 0 Å². The Morgan fingerprint density at radius 2 is 1.78 bits per heavy atom. The molecule has 0 N–H and O–H groups in total. The Balaban J connectivity index is 2.57. The number of hydrogen-bond donors (Lipinski definition) is 0. The van der Waals surface area contributed by atoms with E-state index in [0.717, 1.165) is 11.4 Å². The molecule has 0 radical (unpaired) electrons. The third kappa shape index (κ3) is 3.45. The van der Waals surface area contributed by atoms with Crippen LogP contribution >= 0.6 is 0 Å². The second-order valence-electron chi connectivity index (χ2n) is 6.06. The second-order valence-corrected chi connectivity index (χ2v) is 6.06. The minimum absolute atomic E-state index is 0.265. The summed E-state index contributed by atoms with van der Waals surface area (Å²) in [5.41, 5.74) is 1.63. The molecular formula is C17H22N4O2. The first kappa shape index (κ1) is 16.8. The average molecular weight is 314 g/mol. The number of nitrogens with zero attached hydrogens (tertiary/aromatic N) is 4. The Labute approximate surface area is 136 Å². The van der Waals surface area contributed by atoms with Crippen LogP contribution in [-0.4, -0.2) is 28.2 Å². The van der Waals surface area contributed by atoms with Gasteiger partial charge in [-0.15, -0.1) is 5.10 Å². The predicted molar refractivity (Wildman–Crippen MR) is 87.1 cm³/mol. The second kappa shape index (κ2) is 6.69. The van der Waals surface area contributed by atoms with Crippen molar-refractivity contribution < 1.29 is 9.47 Å². The summed E-state index contributed by atoms with van der Waals surface area (Å²) in [4.78, 5) is 0. The van der Waals surface area contributed by atoms with Gasteiger partial charge in [0.2, 0.25) is 0 Å². The van der Waals surface area contributed by atoms with Gasteiger partial charge in [-0.2, -0.15) is 5.26 Å². The van der Waals surface area contributed by atoms with Crippen LogP contribution in [0.4, 0.5) is 0 Å². The van der Waals surface area contributed by atoms with Gasteiger partial charge in [-0.1, -0.05) is 26.0 Å². The van der Waals surface area contributed by atoms with Crippen molar-refractivity contribution in [2.75, 3.05) is 13.2 Å². The van der Waals surface area contributed by atoms with Gasteiger partial charge in [0.05, 0.1) is 24.6 Å². The van der Waals surface area contributed by atoms with Crippen molar-refractivity contribution >= 4 is 0 Å². The minimum atomic E-state index is -0.265. The molecule has 1 aromatic carbocycles. The molecule has 122 valence electrons. The fourth-order valence-corrected chi connectivity index (χ4v) is 2.38. The first-order chi connectivity index (χ1) is 10.9. The van der Waals surface area contributed by atoms with Crippen LogP contribution in [0, 0.1) is 11.3 Å². The molecule has 0 spiro atoms. The van der Waals surface area contributed by atoms with E-state index < -0.39 is 0 Å². The summed E-state index contributed by atoms with van der Waals surface area (Å²) in [6, 6.07) is 7.71. The zero-order valence-electron chi connectivity index (χ0n) is 14.3. The molecule has 23 heavy (non-hydrogen) atoms. The van der Waals surface area contributed by atoms with Gasteiger partial charge in [0.25, 0.3) is 0 Å². The maximum Gasteiger partial charge on any atom is 0.186 e. The molecule has 0 unspecified atom stereocenters. The van der Waals surface area contributed by atoms with Crippen molar-refractivity contribution in [1.82, 2.24) is 15.0 Å². The van der Waals surface area contributed by atoms with Gasteiger partial charge in [0.15, 0.2) is 17.2 Å². The first-order valence-corrected chi connectivity index (χ1v) is 7.68. The molecule has 2 rings (SSSR count). The monoisotopic (exact) mass is 314 g/mol. The molecule has 0 amide bonds. The lowest BCUT2D eigenvalue weighted by Gasteiger charge is -2.20. The number of hydrogen-bond acceptors (Lipinski definition) is 5. The van der Waals surface area contributed by atoms with Gasteiger partial charge in [0.1, 0.15) is 6.07 Å². The highest BCUT2D eigenvalue weighted by Gasteiger charge is 2.26. The van der Waals surface area contributed by atoms with Crippen LogP contribution in [0.15, 0.2) is 18.2 Å². The molecule has 0 aliphatic carbocycles. The third-order valence-electron chi connectivity index (χ3n) is 3.26. The van der Waals surface area contributed by atoms with E-state index in [-0.39, 0.29) is 5.41 Å². The Kier molecular flexibility index (Phi) is 4.89. The molecule has 0 saturated carbocycles. The zero-order valence-corrected chi connectivity index (χ0v) is 14.3. The summed E-state index contributed by atoms with van der Waals surface area (Å²) in [5.74, 6) is 1.34. The van der Waals surface area contributed by atoms with Gasteiger partial charge in [-0.05, 0) is 26.0 Å². The van der Waals surface area contributed by atoms with E-state index >= 15 is 0 Å². The van der Waals surface area contributed by atoms with Crippen LogP contribution in [0.5, 0.6) is 11.5 Å². The molecule has 1 heterocycles. The quantitative estimate of drug-likeness (QED) is 0.847. The molecular weight excluding hydrogens is 292 g/mol. The first-order valence-electron chi connectivity index (χ1n) is 7.68. The van der Waals surface area contributed by atoms with Crippen LogP contribution in [0.1, 0.15) is 46.0 Å². The third-order valence-corrected chi connectivity index (χ3v) is 3.26. The zero-order chi connectivity index (χ0) is 17.0. The summed E-state index contributed by atoms with van der Waals surface area (Å²) >= 11 is 0. The van der Waals surface area contributed by atoms with Crippen LogP contribution in [-0.2, 0) is 5.41 Å². The molecule has 1 aromatic heterocycles. The lowest BCUT2D eigenvalue weighted by atomic mass is 9.90. The lowest BCUT2D eigenvalue weighted by Crippen LogP contribution is -2.19. The van der Waals surface area contributed by atoms with Crippen molar-refractivity contribution in [2.24, 2.45) is 0 Å². The molecule has 0 aliphatic heterocycles. The van der Waals surface area contributed by atoms with Crippen LogP contribution < -0.4 is 9.47 Å². The molecule has 0 fully saturated rings. The number of ether oxygens (including phenoxy) is 2. The van der Waals surface area contributed by atoms with Gasteiger partial charge < -0.3 is 9.47 Å². The van der Waals surface area contributed by atoms with Crippen LogP contribution in [0.3, 0.4) is 0 Å². The molecule has 0 aliphatic rings. The average Bonchev–Trinajstić information content (AvgIpc) is 2.93. The lowest BCUT2D eigenvalue weighted by molar-refractivity contribution is 0.287. The summed E-state index contributed by atoms with van der Waals surface area (Å²) < 4.78 is 12.9. The minimum Gasteiger partial charge on any atom is -0.490 e. The van der Waals surface area contributed by atoms with E-state index in [1.165, 1.54) is 0 Å². The standard InChI is InChI=1S/C17H22N4O2/c1-6-22-14-9-8-12(10-15(14)23-7-2)21-16(17(3,4)5)13(11-18)19-20-21/h8-10H,6-7H2,1-5H3. The van der Waals surface area contributed by atoms with Crippen molar-refractivity contribution in [2.45, 2.75) is 40.0 Å². The number of rotatable bonds is 5. The van der Waals surface area contributed by atoms with Crippen molar-refractivity contribution in [3.8, 4) is 23.3 Å². The van der Waals surface area contributed by atoms with Crippen molar-refractivity contribution in [3.05, 3.63) is 29.6 Å². The van der Waals surface area contributed by atoms with E-state index in [4.69, 9.17) is 9.47 Å². The molecule has 2 aromatic rings. The molecule has 6 nitrogen and oxygen atoms in total. The van der Waals surface area contributed by atoms with Crippen LogP contribution in [0.25, 0.3) is 5.69 Å². The van der Waals surface area contributed by atoms with Crippen LogP contribution in [0.2, 0.25) is 0 Å². The largest absolute Gasteiger partial charge is 0.490 e. The molecule has 0 atom stereocenters. The fourth-order valence-electron chi connectivity index (χ4n) is 2.38. The summed E-state index contributed by atoms with van der Waals surface area (Å²) in [5, 5.41) is 17.4. The van der Waals surface area contributed by atoms with Crippen molar-refractivity contribution in [3.63, 3.8) is 0 Å². The summed E-state index contributed by atoms with van der Waals surface area (Å²) in [7, 11) is 0. The Hall–Kier alpha value is -2.55. The highest BCUT2D eigenvalue weighted by molar-refractivity contribution is 5.50. The van der Waals surface area contributed by atoms with E-state index in [1.54, 1.807) is 4.68 Å². The maximum absolute atomic E-state index is 9.28. The van der Waals surface area contributed by atoms with E-state index in [0.29, 0.717) is 30.4 Å². The SMILES string of the molecule is CCOc1ccc(-n2nnc(C#N)c2C(C)(C)C)cc1OCC. The smallest absolute Gasteiger partial charge is 0.186 e. The maximum atomic E-state index is 9.28. The Bertz CT molecular complexity index is 723. The number of aromatic nitrogens is 3. The predicted octanol–water partition coefficient (Wildman–Crippen LogP) is 3.23. The topological polar surface area (TPSA) is 73.0 Å². The fraction of sp³-hybridized carbons (Fsp3) is 0.471. The van der Waals surface area contributed by atoms with Crippen molar-refractivity contribution in [1.29, 1.82) is 5.26 Å². The molecule has 0 saturated heterocycles. The van der Waals surface area contributed by atoms with E-state index in [9.17, 15) is 5.26 Å². The van der Waals surface area contributed by atoms with E-state index in [1.807, 2.05) is 52.8 Å². The Morgan fingerprint density at radius 1 is 1.13 bits per heavy atom. The normalized spacial score (nSPS) is 11.1. The highest BCUT2D eigenvalue weighted by atomic mass is 16.5. The van der Waals surface area contributed by atoms with Gasteiger partial charge in [-0.25, -0.2) is 4.68 Å². The number of benzene rings is 1. The molecule has 0 bridgehead atoms. The number of nitriles is 1. The van der Waals surface area contributed by atoms with E-state index in [2.05, 4.69) is 16.4 Å². The highest BCUT2D eigenvalue weighted by Crippen LogP contribution is 2.32. The summed E-state index contributed by atoms with van der Waals surface area (Å²) in [6.45, 7) is 11.0. The van der Waals surface area contributed by atoms with Gasteiger partial charge in [0, 0.05) is 11.5 Å².